The Labute approximate surface area is 158 Å². The Morgan fingerprint density at radius 3 is 2.43 bits per heavy atom. The van der Waals surface area contributed by atoms with Crippen LogP contribution in [0.25, 0.3) is 16.6 Å². The predicted molar refractivity (Wildman–Crippen MR) is 102 cm³/mol. The maximum Gasteiger partial charge on any atom is 0.341 e. The summed E-state index contributed by atoms with van der Waals surface area (Å²) in [4.78, 5) is 25.7. The maximum atomic E-state index is 15.6. The molecule has 1 aromatic heterocycles. The Hall–Kier alpha value is -3.26. The second kappa shape index (κ2) is 7.05. The summed E-state index contributed by atoms with van der Waals surface area (Å²) in [7, 11) is 0. The number of carboxylic acids is 1. The highest BCUT2D eigenvalue weighted by molar-refractivity contribution is 5.94. The van der Waals surface area contributed by atoms with E-state index in [4.69, 9.17) is 0 Å². The zero-order valence-electron chi connectivity index (χ0n) is 14.8. The molecule has 1 aliphatic heterocycles. The minimum Gasteiger partial charge on any atom is -0.477 e. The van der Waals surface area contributed by atoms with Crippen LogP contribution in [-0.4, -0.2) is 41.8 Å². The van der Waals surface area contributed by atoms with E-state index in [9.17, 15) is 19.1 Å². The molecule has 2 aromatic carbocycles. The van der Waals surface area contributed by atoms with Gasteiger partial charge in [-0.05, 0) is 18.2 Å². The minimum absolute atomic E-state index is 0.142. The lowest BCUT2D eigenvalue weighted by molar-refractivity contribution is 0.0695. The third-order valence-electron chi connectivity index (χ3n) is 4.85. The average molecular weight is 385 g/mol. The lowest BCUT2D eigenvalue weighted by Crippen LogP contribution is -2.44. The van der Waals surface area contributed by atoms with Crippen molar-refractivity contribution in [2.75, 3.05) is 31.1 Å². The molecule has 4 rings (SSSR count). The highest BCUT2D eigenvalue weighted by Crippen LogP contribution is 2.31. The molecule has 0 aliphatic carbocycles. The number of hydrogen-bond donors (Lipinski definition) is 2. The van der Waals surface area contributed by atoms with E-state index in [1.54, 1.807) is 35.2 Å². The molecule has 1 saturated heterocycles. The van der Waals surface area contributed by atoms with Gasteiger partial charge in [-0.25, -0.2) is 13.6 Å². The molecule has 8 heteroatoms. The number of aromatic carboxylic acids is 1. The van der Waals surface area contributed by atoms with Gasteiger partial charge in [0.2, 0.25) is 5.43 Å². The predicted octanol–water partition coefficient (Wildman–Crippen LogP) is 2.38. The van der Waals surface area contributed by atoms with Crippen LogP contribution in [-0.2, 0) is 0 Å². The van der Waals surface area contributed by atoms with E-state index in [1.165, 1.54) is 4.57 Å². The molecular formula is C20H17F2N3O3. The van der Waals surface area contributed by atoms with Crippen LogP contribution in [0.4, 0.5) is 14.5 Å². The monoisotopic (exact) mass is 385 g/mol. The second-order valence-electron chi connectivity index (χ2n) is 6.54. The van der Waals surface area contributed by atoms with Crippen molar-refractivity contribution in [1.29, 1.82) is 0 Å². The van der Waals surface area contributed by atoms with Gasteiger partial charge in [0, 0.05) is 38.1 Å². The van der Waals surface area contributed by atoms with Crippen LogP contribution in [0.1, 0.15) is 10.4 Å². The van der Waals surface area contributed by atoms with Crippen LogP contribution in [0.5, 0.6) is 0 Å². The van der Waals surface area contributed by atoms with Crippen molar-refractivity contribution < 1.29 is 18.7 Å². The van der Waals surface area contributed by atoms with E-state index in [2.05, 4.69) is 5.32 Å². The topological polar surface area (TPSA) is 74.6 Å². The summed E-state index contributed by atoms with van der Waals surface area (Å²) in [5.41, 5.74) is -1.35. The SMILES string of the molecule is O=C(O)c1cn(-c2ccccc2)c2c(F)c(N3CCNCC3)c(F)cc2c1=O. The molecule has 2 N–H and O–H groups in total. The number of piperazine rings is 1. The van der Waals surface area contributed by atoms with Crippen molar-refractivity contribution in [2.45, 2.75) is 0 Å². The molecule has 144 valence electrons. The molecule has 1 fully saturated rings. The average Bonchev–Trinajstić information content (AvgIpc) is 2.70. The molecule has 28 heavy (non-hydrogen) atoms. The first-order valence-corrected chi connectivity index (χ1v) is 8.81. The third kappa shape index (κ3) is 2.91. The van der Waals surface area contributed by atoms with E-state index in [1.807, 2.05) is 0 Å². The number of aromatic nitrogens is 1. The quantitative estimate of drug-likeness (QED) is 0.724. The molecule has 2 heterocycles. The normalized spacial score (nSPS) is 14.4. The van der Waals surface area contributed by atoms with Gasteiger partial charge in [0.15, 0.2) is 5.82 Å². The summed E-state index contributed by atoms with van der Waals surface area (Å²) in [6.45, 7) is 2.00. The molecule has 0 radical (unpaired) electrons. The Bertz CT molecular complexity index is 1120. The third-order valence-corrected chi connectivity index (χ3v) is 4.85. The fourth-order valence-corrected chi connectivity index (χ4v) is 3.53. The number of para-hydroxylation sites is 1. The minimum atomic E-state index is -1.46. The number of benzene rings is 2. The second-order valence-corrected chi connectivity index (χ2v) is 6.54. The van der Waals surface area contributed by atoms with Gasteiger partial charge in [-0.3, -0.25) is 4.79 Å². The van der Waals surface area contributed by atoms with E-state index >= 15 is 4.39 Å². The molecular weight excluding hydrogens is 368 g/mol. The molecule has 0 atom stereocenters. The zero-order chi connectivity index (χ0) is 19.8. The first-order chi connectivity index (χ1) is 13.5. The van der Waals surface area contributed by atoms with Gasteiger partial charge >= 0.3 is 5.97 Å². The summed E-state index contributed by atoms with van der Waals surface area (Å²) in [6, 6.07) is 9.42. The van der Waals surface area contributed by atoms with E-state index < -0.39 is 28.6 Å². The lowest BCUT2D eigenvalue weighted by atomic mass is 10.1. The van der Waals surface area contributed by atoms with Gasteiger partial charge < -0.3 is 19.9 Å². The first kappa shape index (κ1) is 18.1. The number of rotatable bonds is 3. The molecule has 0 bridgehead atoms. The van der Waals surface area contributed by atoms with Crippen LogP contribution in [0, 0.1) is 11.6 Å². The molecule has 6 nitrogen and oxygen atoms in total. The number of hydrogen-bond acceptors (Lipinski definition) is 4. The smallest absolute Gasteiger partial charge is 0.341 e. The fourth-order valence-electron chi connectivity index (χ4n) is 3.53. The lowest BCUT2D eigenvalue weighted by Gasteiger charge is -2.30. The summed E-state index contributed by atoms with van der Waals surface area (Å²) >= 11 is 0. The standard InChI is InChI=1S/C20H17F2N3O3/c21-15-10-13-17(16(22)18(15)24-8-6-23-7-9-24)25(12-4-2-1-3-5-12)11-14(19(13)26)20(27)28/h1-5,10-11,23H,6-9H2,(H,27,28). The number of fused-ring (bicyclic) bond motifs is 1. The Morgan fingerprint density at radius 2 is 1.79 bits per heavy atom. The van der Waals surface area contributed by atoms with Gasteiger partial charge in [-0.1, -0.05) is 18.2 Å². The molecule has 0 spiro atoms. The van der Waals surface area contributed by atoms with Crippen molar-refractivity contribution in [3.05, 3.63) is 70.0 Å². The van der Waals surface area contributed by atoms with Gasteiger partial charge in [0.05, 0.1) is 10.9 Å². The van der Waals surface area contributed by atoms with Crippen LogP contribution in [0.15, 0.2) is 47.4 Å². The zero-order valence-corrected chi connectivity index (χ0v) is 14.8. The number of carboxylic acid groups (broad SMARTS) is 1. The van der Waals surface area contributed by atoms with Crippen molar-refractivity contribution in [1.82, 2.24) is 9.88 Å². The number of anilines is 1. The molecule has 0 saturated carbocycles. The Balaban J connectivity index is 2.09. The van der Waals surface area contributed by atoms with Crippen LogP contribution in [0.2, 0.25) is 0 Å². The van der Waals surface area contributed by atoms with Gasteiger partial charge in [-0.15, -0.1) is 0 Å². The highest BCUT2D eigenvalue weighted by atomic mass is 19.1. The van der Waals surface area contributed by atoms with Gasteiger partial charge in [0.1, 0.15) is 17.1 Å². The number of halogens is 2. The number of pyridine rings is 1. The largest absolute Gasteiger partial charge is 0.477 e. The summed E-state index contributed by atoms with van der Waals surface area (Å²) < 4.78 is 31.7. The molecule has 1 aliphatic rings. The number of carbonyl (C=O) groups is 1. The maximum absolute atomic E-state index is 15.6. The molecule has 0 amide bonds. The van der Waals surface area contributed by atoms with Crippen LogP contribution in [0.3, 0.4) is 0 Å². The van der Waals surface area contributed by atoms with Gasteiger partial charge in [0.25, 0.3) is 0 Å². The van der Waals surface area contributed by atoms with Crippen molar-refractivity contribution >= 4 is 22.6 Å². The van der Waals surface area contributed by atoms with Crippen molar-refractivity contribution in [3.63, 3.8) is 0 Å². The Kier molecular flexibility index (Phi) is 4.56. The summed E-state index contributed by atoms with van der Waals surface area (Å²) in [5.74, 6) is -3.22. The van der Waals surface area contributed by atoms with Crippen molar-refractivity contribution in [3.8, 4) is 5.69 Å². The van der Waals surface area contributed by atoms with E-state index in [0.29, 0.717) is 31.9 Å². The van der Waals surface area contributed by atoms with Crippen LogP contribution >= 0.6 is 0 Å². The van der Waals surface area contributed by atoms with Crippen molar-refractivity contribution in [2.24, 2.45) is 0 Å². The van der Waals surface area contributed by atoms with E-state index in [-0.39, 0.29) is 16.6 Å². The van der Waals surface area contributed by atoms with Crippen LogP contribution < -0.4 is 15.6 Å². The molecule has 3 aromatic rings. The molecule has 0 unspecified atom stereocenters. The number of nitrogens with one attached hydrogen (secondary N) is 1. The first-order valence-electron chi connectivity index (χ1n) is 8.81. The summed E-state index contributed by atoms with van der Waals surface area (Å²) in [6.07, 6.45) is 1.09. The van der Waals surface area contributed by atoms with E-state index in [0.717, 1.165) is 12.3 Å². The number of nitrogens with zero attached hydrogens (tertiary/aromatic N) is 2. The van der Waals surface area contributed by atoms with Gasteiger partial charge in [-0.2, -0.15) is 0 Å². The highest BCUT2D eigenvalue weighted by Gasteiger charge is 2.26. The fraction of sp³-hybridized carbons (Fsp3) is 0.200. The summed E-state index contributed by atoms with van der Waals surface area (Å²) in [5, 5.41) is 12.2. The Morgan fingerprint density at radius 1 is 1.11 bits per heavy atom.